The van der Waals surface area contributed by atoms with E-state index in [4.69, 9.17) is 0 Å². The summed E-state index contributed by atoms with van der Waals surface area (Å²) in [5.74, 6) is 0.322. The summed E-state index contributed by atoms with van der Waals surface area (Å²) in [7, 11) is 1.78. The number of hydrogen-bond donors (Lipinski definition) is 2. The first-order valence-corrected chi connectivity index (χ1v) is 11.7. The molecule has 4 rings (SSSR count). The van der Waals surface area contributed by atoms with E-state index in [0.29, 0.717) is 11.5 Å². The van der Waals surface area contributed by atoms with Gasteiger partial charge in [0.25, 0.3) is 0 Å². The van der Waals surface area contributed by atoms with Crippen molar-refractivity contribution < 1.29 is 17.6 Å². The van der Waals surface area contributed by atoms with Crippen LogP contribution >= 0.6 is 0 Å². The highest BCUT2D eigenvalue weighted by atomic mass is 19.4. The first-order valence-electron chi connectivity index (χ1n) is 11.7. The molecule has 2 aromatic heterocycles. The van der Waals surface area contributed by atoms with Crippen molar-refractivity contribution in [1.82, 2.24) is 20.1 Å². The third-order valence-electron chi connectivity index (χ3n) is 6.43. The average molecular weight is 491 g/mol. The minimum atomic E-state index is -4.47. The molecule has 1 unspecified atom stereocenters. The van der Waals surface area contributed by atoms with Gasteiger partial charge in [-0.05, 0) is 50.5 Å². The molecular formula is C25H30F4N6. The zero-order valence-corrected chi connectivity index (χ0v) is 20.0. The van der Waals surface area contributed by atoms with Gasteiger partial charge in [-0.2, -0.15) is 18.3 Å². The van der Waals surface area contributed by atoms with Gasteiger partial charge in [0.15, 0.2) is 5.82 Å². The van der Waals surface area contributed by atoms with Crippen molar-refractivity contribution in [3.8, 4) is 0 Å². The predicted molar refractivity (Wildman–Crippen MR) is 128 cm³/mol. The molecule has 3 heterocycles. The average Bonchev–Trinajstić information content (AvgIpc) is 3.19. The number of alkyl halides is 3. The molecule has 2 N–H and O–H groups in total. The summed E-state index contributed by atoms with van der Waals surface area (Å²) in [4.78, 5) is 6.01. The molecule has 0 aliphatic carbocycles. The summed E-state index contributed by atoms with van der Waals surface area (Å²) in [5.41, 5.74) is 1.63. The van der Waals surface area contributed by atoms with Crippen molar-refractivity contribution in [2.45, 2.75) is 51.5 Å². The van der Waals surface area contributed by atoms with Gasteiger partial charge >= 0.3 is 6.18 Å². The maximum atomic E-state index is 14.4. The van der Waals surface area contributed by atoms with E-state index in [1.807, 2.05) is 26.1 Å². The molecule has 1 saturated heterocycles. The third kappa shape index (κ3) is 5.75. The quantitative estimate of drug-likeness (QED) is 0.445. The molecule has 6 nitrogen and oxygen atoms in total. The highest BCUT2D eigenvalue weighted by Gasteiger charge is 2.34. The summed E-state index contributed by atoms with van der Waals surface area (Å²) >= 11 is 0. The lowest BCUT2D eigenvalue weighted by Gasteiger charge is -2.36. The molecule has 35 heavy (non-hydrogen) atoms. The lowest BCUT2D eigenvalue weighted by molar-refractivity contribution is -0.138. The number of pyridine rings is 1. The van der Waals surface area contributed by atoms with Crippen LogP contribution in [0, 0.1) is 12.7 Å². The van der Waals surface area contributed by atoms with Crippen LogP contribution in [0.1, 0.15) is 48.2 Å². The highest BCUT2D eigenvalue weighted by molar-refractivity contribution is 5.54. The number of aryl methyl sites for hydroxylation is 2. The molecule has 0 spiro atoms. The fourth-order valence-corrected chi connectivity index (χ4v) is 4.70. The van der Waals surface area contributed by atoms with Crippen LogP contribution in [-0.2, 0) is 19.8 Å². The van der Waals surface area contributed by atoms with Crippen molar-refractivity contribution in [3.63, 3.8) is 0 Å². The monoisotopic (exact) mass is 490 g/mol. The molecule has 1 aliphatic rings. The van der Waals surface area contributed by atoms with E-state index < -0.39 is 11.7 Å². The van der Waals surface area contributed by atoms with Gasteiger partial charge in [0.2, 0.25) is 0 Å². The van der Waals surface area contributed by atoms with Crippen LogP contribution < -0.4 is 15.5 Å². The second kappa shape index (κ2) is 10.2. The van der Waals surface area contributed by atoms with Crippen molar-refractivity contribution in [2.24, 2.45) is 7.05 Å². The highest BCUT2D eigenvalue weighted by Crippen LogP contribution is 2.32. The normalized spacial score (nSPS) is 15.9. The van der Waals surface area contributed by atoms with Crippen LogP contribution in [0.2, 0.25) is 0 Å². The SMILES string of the molecule is Cc1cccc(F)c1N1CCC(NC(C)c2cn(C)nc2NCc2ncccc2C(F)(F)F)CC1. The van der Waals surface area contributed by atoms with Gasteiger partial charge in [0.1, 0.15) is 5.82 Å². The molecule has 0 bridgehead atoms. The Morgan fingerprint density at radius 3 is 2.57 bits per heavy atom. The Morgan fingerprint density at radius 1 is 1.14 bits per heavy atom. The maximum Gasteiger partial charge on any atom is 0.418 e. The van der Waals surface area contributed by atoms with Crippen LogP contribution in [-0.4, -0.2) is 33.9 Å². The second-order valence-electron chi connectivity index (χ2n) is 9.01. The van der Waals surface area contributed by atoms with E-state index in [9.17, 15) is 17.6 Å². The van der Waals surface area contributed by atoms with E-state index in [-0.39, 0.29) is 30.1 Å². The summed E-state index contributed by atoms with van der Waals surface area (Å²) in [6, 6.07) is 7.60. The Kier molecular flexibility index (Phi) is 7.30. The Morgan fingerprint density at radius 2 is 1.89 bits per heavy atom. The van der Waals surface area contributed by atoms with Gasteiger partial charge in [-0.3, -0.25) is 9.67 Å². The Bertz CT molecular complexity index is 1130. The van der Waals surface area contributed by atoms with Crippen molar-refractivity contribution in [2.75, 3.05) is 23.3 Å². The fourth-order valence-electron chi connectivity index (χ4n) is 4.70. The van der Waals surface area contributed by atoms with Crippen LogP contribution in [0.25, 0.3) is 0 Å². The number of hydrogen-bond acceptors (Lipinski definition) is 5. The number of halogens is 4. The van der Waals surface area contributed by atoms with Gasteiger partial charge in [0, 0.05) is 50.2 Å². The van der Waals surface area contributed by atoms with E-state index in [0.717, 1.165) is 43.1 Å². The van der Waals surface area contributed by atoms with Crippen molar-refractivity contribution >= 4 is 11.5 Å². The number of aromatic nitrogens is 3. The van der Waals surface area contributed by atoms with Gasteiger partial charge in [-0.15, -0.1) is 0 Å². The zero-order chi connectivity index (χ0) is 25.2. The van der Waals surface area contributed by atoms with Crippen molar-refractivity contribution in [1.29, 1.82) is 0 Å². The van der Waals surface area contributed by atoms with E-state index in [2.05, 4.69) is 25.6 Å². The lowest BCUT2D eigenvalue weighted by atomic mass is 10.0. The fraction of sp³-hybridized carbons (Fsp3) is 0.440. The minimum Gasteiger partial charge on any atom is -0.369 e. The van der Waals surface area contributed by atoms with Crippen LogP contribution in [0.5, 0.6) is 0 Å². The molecule has 188 valence electrons. The molecule has 1 aromatic carbocycles. The number of rotatable bonds is 7. The number of nitrogens with zero attached hydrogens (tertiary/aromatic N) is 4. The number of nitrogens with one attached hydrogen (secondary N) is 2. The third-order valence-corrected chi connectivity index (χ3v) is 6.43. The van der Waals surface area contributed by atoms with E-state index in [1.54, 1.807) is 17.8 Å². The van der Waals surface area contributed by atoms with Crippen LogP contribution in [0.4, 0.5) is 29.1 Å². The summed E-state index contributed by atoms with van der Waals surface area (Å²) in [6.45, 7) is 5.32. The van der Waals surface area contributed by atoms with Gasteiger partial charge in [-0.25, -0.2) is 4.39 Å². The minimum absolute atomic E-state index is 0.0759. The Hall–Kier alpha value is -3.14. The summed E-state index contributed by atoms with van der Waals surface area (Å²) < 4.78 is 55.9. The molecule has 0 saturated carbocycles. The summed E-state index contributed by atoms with van der Waals surface area (Å²) in [6.07, 6.45) is 0.447. The smallest absolute Gasteiger partial charge is 0.369 e. The number of piperidine rings is 1. The van der Waals surface area contributed by atoms with Crippen LogP contribution in [0.15, 0.2) is 42.7 Å². The Balaban J connectivity index is 1.39. The number of para-hydroxylation sites is 1. The van der Waals surface area contributed by atoms with Crippen molar-refractivity contribution in [3.05, 3.63) is 70.9 Å². The lowest BCUT2D eigenvalue weighted by Crippen LogP contribution is -2.43. The van der Waals surface area contributed by atoms with Crippen LogP contribution in [0.3, 0.4) is 0 Å². The molecule has 1 fully saturated rings. The largest absolute Gasteiger partial charge is 0.418 e. The standard InChI is InChI=1S/C25H30F4N6/c1-16-6-4-8-21(26)23(16)35-12-9-18(10-13-35)32-17(2)19-15-34(3)33-24(19)31-14-22-20(25(27,28)29)7-5-11-30-22/h4-8,11,15,17-18,32H,9-10,12-14H2,1-3H3,(H,31,33). The molecule has 3 aromatic rings. The molecule has 10 heteroatoms. The first-order chi connectivity index (χ1) is 16.6. The molecule has 1 aliphatic heterocycles. The number of anilines is 2. The van der Waals surface area contributed by atoms with Gasteiger partial charge in [-0.1, -0.05) is 12.1 Å². The topological polar surface area (TPSA) is 58.0 Å². The van der Waals surface area contributed by atoms with E-state index >= 15 is 0 Å². The predicted octanol–water partition coefficient (Wildman–Crippen LogP) is 5.21. The first kappa shape index (κ1) is 25.0. The molecule has 0 radical (unpaired) electrons. The van der Waals surface area contributed by atoms with Gasteiger partial charge in [0.05, 0.1) is 23.5 Å². The zero-order valence-electron chi connectivity index (χ0n) is 20.0. The molecule has 0 amide bonds. The van der Waals surface area contributed by atoms with Gasteiger partial charge < -0.3 is 15.5 Å². The van der Waals surface area contributed by atoms with E-state index in [1.165, 1.54) is 18.3 Å². The second-order valence-corrected chi connectivity index (χ2v) is 9.01. The number of benzene rings is 1. The molecule has 1 atom stereocenters. The molecular weight excluding hydrogens is 460 g/mol. The summed E-state index contributed by atoms with van der Waals surface area (Å²) in [5, 5.41) is 11.1. The Labute approximate surface area is 202 Å². The maximum absolute atomic E-state index is 14.4.